The van der Waals surface area contributed by atoms with E-state index < -0.39 is 10.6 Å². The Bertz CT molecular complexity index is 346. The van der Waals surface area contributed by atoms with E-state index in [1.165, 1.54) is 0 Å². The molecule has 0 aliphatic carbocycles. The Kier molecular flexibility index (Phi) is 3.55. The van der Waals surface area contributed by atoms with E-state index in [1.54, 1.807) is 0 Å². The molecule has 1 rings (SSSR count). The van der Waals surface area contributed by atoms with Crippen molar-refractivity contribution in [2.24, 2.45) is 0 Å². The first kappa shape index (κ1) is 10.6. The van der Waals surface area contributed by atoms with Gasteiger partial charge in [-0.3, -0.25) is 10.1 Å². The summed E-state index contributed by atoms with van der Waals surface area (Å²) in [6.07, 6.45) is 1.04. The molecule has 0 aliphatic rings. The lowest BCUT2D eigenvalue weighted by Gasteiger charge is -2.03. The SMILES string of the molecule is O=[N+]([O-])c1c(Cl)ncnc1OCCO. The normalized spacial score (nSPS) is 9.86. The zero-order valence-corrected chi connectivity index (χ0v) is 7.64. The van der Waals surface area contributed by atoms with Gasteiger partial charge in [0.25, 0.3) is 5.88 Å². The van der Waals surface area contributed by atoms with Crippen molar-refractivity contribution in [3.8, 4) is 5.88 Å². The fourth-order valence-electron chi connectivity index (χ4n) is 0.744. The first-order valence-corrected chi connectivity index (χ1v) is 3.93. The van der Waals surface area contributed by atoms with Gasteiger partial charge in [0, 0.05) is 0 Å². The summed E-state index contributed by atoms with van der Waals surface area (Å²) in [6, 6.07) is 0. The molecule has 0 saturated heterocycles. The van der Waals surface area contributed by atoms with Crippen LogP contribution in [0.2, 0.25) is 5.15 Å². The number of hydrogen-bond acceptors (Lipinski definition) is 6. The van der Waals surface area contributed by atoms with Crippen LogP contribution in [0.25, 0.3) is 0 Å². The van der Waals surface area contributed by atoms with Crippen molar-refractivity contribution < 1.29 is 14.8 Å². The molecule has 0 amide bonds. The van der Waals surface area contributed by atoms with Crippen molar-refractivity contribution in [3.05, 3.63) is 21.6 Å². The molecule has 0 bridgehead atoms. The quantitative estimate of drug-likeness (QED) is 0.447. The lowest BCUT2D eigenvalue weighted by atomic mass is 10.5. The number of halogens is 1. The van der Waals surface area contributed by atoms with Gasteiger partial charge in [-0.15, -0.1) is 0 Å². The molecule has 7 nitrogen and oxygen atoms in total. The lowest BCUT2D eigenvalue weighted by Crippen LogP contribution is -2.06. The maximum absolute atomic E-state index is 10.5. The predicted molar refractivity (Wildman–Crippen MR) is 46.3 cm³/mol. The molecule has 1 aromatic heterocycles. The van der Waals surface area contributed by atoms with E-state index in [0.29, 0.717) is 0 Å². The summed E-state index contributed by atoms with van der Waals surface area (Å²) in [4.78, 5) is 16.7. The van der Waals surface area contributed by atoms with Crippen molar-refractivity contribution in [2.75, 3.05) is 13.2 Å². The summed E-state index contributed by atoms with van der Waals surface area (Å²) < 4.78 is 4.80. The minimum Gasteiger partial charge on any atom is -0.470 e. The molecule has 0 aliphatic heterocycles. The van der Waals surface area contributed by atoms with Crippen molar-refractivity contribution in [1.29, 1.82) is 0 Å². The third-order valence-corrected chi connectivity index (χ3v) is 1.53. The summed E-state index contributed by atoms with van der Waals surface area (Å²) in [5.74, 6) is -0.246. The molecule has 0 atom stereocenters. The van der Waals surface area contributed by atoms with Gasteiger partial charge in [-0.2, -0.15) is 4.98 Å². The first-order chi connectivity index (χ1) is 6.66. The zero-order valence-electron chi connectivity index (χ0n) is 6.88. The van der Waals surface area contributed by atoms with Crippen LogP contribution in [0.4, 0.5) is 5.69 Å². The maximum Gasteiger partial charge on any atom is 0.367 e. The molecule has 0 radical (unpaired) electrons. The molecule has 14 heavy (non-hydrogen) atoms. The molecule has 8 heteroatoms. The Morgan fingerprint density at radius 3 is 2.93 bits per heavy atom. The van der Waals surface area contributed by atoms with E-state index in [4.69, 9.17) is 21.4 Å². The summed E-state index contributed by atoms with van der Waals surface area (Å²) >= 11 is 5.47. The van der Waals surface area contributed by atoms with Crippen molar-refractivity contribution in [2.45, 2.75) is 0 Å². The van der Waals surface area contributed by atoms with E-state index in [1.807, 2.05) is 0 Å². The topological polar surface area (TPSA) is 98.4 Å². The fourth-order valence-corrected chi connectivity index (χ4v) is 0.937. The molecule has 0 aromatic carbocycles. The van der Waals surface area contributed by atoms with Gasteiger partial charge >= 0.3 is 5.69 Å². The number of aliphatic hydroxyl groups excluding tert-OH is 1. The van der Waals surface area contributed by atoms with Gasteiger partial charge < -0.3 is 9.84 Å². The van der Waals surface area contributed by atoms with Crippen molar-refractivity contribution in [1.82, 2.24) is 9.97 Å². The molecule has 76 valence electrons. The fraction of sp³-hybridized carbons (Fsp3) is 0.333. The first-order valence-electron chi connectivity index (χ1n) is 3.55. The van der Waals surface area contributed by atoms with E-state index in [9.17, 15) is 10.1 Å². The molecule has 0 fully saturated rings. The third kappa shape index (κ3) is 2.27. The Hall–Kier alpha value is -1.47. The van der Waals surface area contributed by atoms with Gasteiger partial charge in [-0.05, 0) is 0 Å². The van der Waals surface area contributed by atoms with Crippen LogP contribution < -0.4 is 4.74 Å². The second-order valence-electron chi connectivity index (χ2n) is 2.15. The average Bonchev–Trinajstić information content (AvgIpc) is 2.14. The highest BCUT2D eigenvalue weighted by Crippen LogP contribution is 2.29. The van der Waals surface area contributed by atoms with Crippen LogP contribution >= 0.6 is 11.6 Å². The monoisotopic (exact) mass is 219 g/mol. The van der Waals surface area contributed by atoms with Gasteiger partial charge in [-0.25, -0.2) is 4.98 Å². The molecular formula is C6H6ClN3O4. The molecule has 0 unspecified atom stereocenters. The summed E-state index contributed by atoms with van der Waals surface area (Å²) in [6.45, 7) is -0.354. The minimum atomic E-state index is -0.741. The van der Waals surface area contributed by atoms with Crippen molar-refractivity contribution in [3.63, 3.8) is 0 Å². The Morgan fingerprint density at radius 2 is 2.36 bits per heavy atom. The van der Waals surface area contributed by atoms with Crippen LogP contribution in [0.5, 0.6) is 5.88 Å². The molecule has 1 N–H and O–H groups in total. The number of rotatable bonds is 4. The standard InChI is InChI=1S/C6H6ClN3O4/c7-5-4(10(12)13)6(9-3-8-5)14-2-1-11/h3,11H,1-2H2. The number of ether oxygens (including phenoxy) is 1. The molecular weight excluding hydrogens is 214 g/mol. The van der Waals surface area contributed by atoms with Gasteiger partial charge in [0.05, 0.1) is 11.5 Å². The predicted octanol–water partition coefficient (Wildman–Crippen LogP) is 0.409. The Balaban J connectivity index is 3.02. The second-order valence-corrected chi connectivity index (χ2v) is 2.51. The summed E-state index contributed by atoms with van der Waals surface area (Å²) in [7, 11) is 0. The van der Waals surface area contributed by atoms with Crippen LogP contribution in [-0.4, -0.2) is 33.2 Å². The van der Waals surface area contributed by atoms with Crippen LogP contribution in [0.1, 0.15) is 0 Å². The molecule has 1 heterocycles. The number of nitrogens with zero attached hydrogens (tertiary/aromatic N) is 3. The van der Waals surface area contributed by atoms with Crippen molar-refractivity contribution >= 4 is 17.3 Å². The van der Waals surface area contributed by atoms with E-state index >= 15 is 0 Å². The lowest BCUT2D eigenvalue weighted by molar-refractivity contribution is -0.386. The van der Waals surface area contributed by atoms with Gasteiger partial charge in [0.2, 0.25) is 5.15 Å². The van der Waals surface area contributed by atoms with Gasteiger partial charge in [0.1, 0.15) is 12.9 Å². The molecule has 1 aromatic rings. The zero-order chi connectivity index (χ0) is 10.6. The largest absolute Gasteiger partial charge is 0.470 e. The highest BCUT2D eigenvalue weighted by molar-refractivity contribution is 6.31. The number of hydrogen-bond donors (Lipinski definition) is 1. The van der Waals surface area contributed by atoms with E-state index in [-0.39, 0.29) is 24.2 Å². The highest BCUT2D eigenvalue weighted by Gasteiger charge is 2.22. The van der Waals surface area contributed by atoms with Crippen LogP contribution in [-0.2, 0) is 0 Å². The number of nitro groups is 1. The van der Waals surface area contributed by atoms with Gasteiger partial charge in [-0.1, -0.05) is 11.6 Å². The molecule has 0 saturated carbocycles. The highest BCUT2D eigenvalue weighted by atomic mass is 35.5. The van der Waals surface area contributed by atoms with E-state index in [2.05, 4.69) is 9.97 Å². The van der Waals surface area contributed by atoms with Gasteiger partial charge in [0.15, 0.2) is 0 Å². The Labute approximate surface area is 83.5 Å². The minimum absolute atomic E-state index is 0.0891. The second kappa shape index (κ2) is 4.68. The third-order valence-electron chi connectivity index (χ3n) is 1.26. The van der Waals surface area contributed by atoms with Crippen LogP contribution in [0.15, 0.2) is 6.33 Å². The van der Waals surface area contributed by atoms with E-state index in [0.717, 1.165) is 6.33 Å². The smallest absolute Gasteiger partial charge is 0.367 e. The summed E-state index contributed by atoms with van der Waals surface area (Å²) in [5, 5.41) is 18.7. The van der Waals surface area contributed by atoms with Crippen LogP contribution in [0, 0.1) is 10.1 Å². The average molecular weight is 220 g/mol. The number of aliphatic hydroxyl groups is 1. The number of aromatic nitrogens is 2. The van der Waals surface area contributed by atoms with Crippen LogP contribution in [0.3, 0.4) is 0 Å². The molecule has 0 spiro atoms. The summed E-state index contributed by atoms with van der Waals surface area (Å²) in [5.41, 5.74) is -0.498. The maximum atomic E-state index is 10.5. The Morgan fingerprint density at radius 1 is 1.64 bits per heavy atom.